The van der Waals surface area contributed by atoms with Gasteiger partial charge in [0.25, 0.3) is 0 Å². The van der Waals surface area contributed by atoms with Crippen LogP contribution in [-0.4, -0.2) is 40.9 Å². The molecule has 0 spiro atoms. The number of unbranched alkanes of at least 4 members (excludes halogenated alkanes) is 1. The standard InChI is InChI=1S/C22H40O4Si2/c1-22(2,3)28(7,8)25-17-19(23)14-12-10-9-11-13-18-15-20(16-21(18)24)26-27(4,5)6/h9,11,15,20H,10,12-14,16-17H2,1-8H3/b11-9-. The van der Waals surface area contributed by atoms with Crippen molar-refractivity contribution in [3.63, 3.8) is 0 Å². The zero-order valence-corrected chi connectivity index (χ0v) is 21.2. The molecular weight excluding hydrogens is 384 g/mol. The third-order valence-corrected chi connectivity index (χ3v) is 10.9. The highest BCUT2D eigenvalue weighted by Gasteiger charge is 2.37. The number of hydrogen-bond donors (Lipinski definition) is 0. The van der Waals surface area contributed by atoms with Gasteiger partial charge in [0.2, 0.25) is 0 Å². The van der Waals surface area contributed by atoms with E-state index in [-0.39, 0.29) is 29.3 Å². The van der Waals surface area contributed by atoms with Crippen molar-refractivity contribution < 1.29 is 18.4 Å². The third-order valence-electron chi connectivity index (χ3n) is 5.37. The van der Waals surface area contributed by atoms with Crippen LogP contribution in [0.5, 0.6) is 0 Å². The molecule has 160 valence electrons. The number of hydrogen-bond acceptors (Lipinski definition) is 4. The van der Waals surface area contributed by atoms with Crippen molar-refractivity contribution >= 4 is 28.2 Å². The molecule has 0 saturated heterocycles. The second-order valence-electron chi connectivity index (χ2n) is 10.2. The van der Waals surface area contributed by atoms with Gasteiger partial charge in [0.05, 0.1) is 12.7 Å². The Labute approximate surface area is 174 Å². The topological polar surface area (TPSA) is 52.6 Å². The molecule has 0 aromatic carbocycles. The number of carbonyl (C=O) groups excluding carboxylic acids is 2. The number of rotatable bonds is 11. The van der Waals surface area contributed by atoms with E-state index in [1.165, 1.54) is 0 Å². The number of ketones is 2. The van der Waals surface area contributed by atoms with Crippen LogP contribution >= 0.6 is 0 Å². The number of allylic oxidation sites excluding steroid dienone is 3. The van der Waals surface area contributed by atoms with Gasteiger partial charge in [-0.15, -0.1) is 0 Å². The molecule has 4 nitrogen and oxygen atoms in total. The van der Waals surface area contributed by atoms with E-state index in [1.54, 1.807) is 0 Å². The van der Waals surface area contributed by atoms with Gasteiger partial charge in [-0.3, -0.25) is 9.59 Å². The van der Waals surface area contributed by atoms with E-state index in [1.807, 2.05) is 12.2 Å². The van der Waals surface area contributed by atoms with Crippen LogP contribution in [0.15, 0.2) is 23.8 Å². The lowest BCUT2D eigenvalue weighted by Gasteiger charge is -2.35. The Balaban J connectivity index is 2.28. The number of Topliss-reactive ketones (excluding diaryl/α,β-unsaturated/α-hetero) is 2. The Morgan fingerprint density at radius 3 is 2.39 bits per heavy atom. The van der Waals surface area contributed by atoms with Crippen molar-refractivity contribution in [1.29, 1.82) is 0 Å². The summed E-state index contributed by atoms with van der Waals surface area (Å²) in [7, 11) is -3.48. The van der Waals surface area contributed by atoms with Crippen LogP contribution in [0.1, 0.15) is 52.9 Å². The lowest BCUT2D eigenvalue weighted by molar-refractivity contribution is -0.121. The summed E-state index contributed by atoms with van der Waals surface area (Å²) in [6.45, 7) is 17.5. The van der Waals surface area contributed by atoms with Gasteiger partial charge in [0.15, 0.2) is 28.2 Å². The molecule has 6 heteroatoms. The van der Waals surface area contributed by atoms with Gasteiger partial charge in [-0.05, 0) is 68.7 Å². The van der Waals surface area contributed by atoms with E-state index in [2.05, 4.69) is 59.6 Å². The number of carbonyl (C=O) groups is 2. The Kier molecular flexibility index (Phi) is 9.25. The van der Waals surface area contributed by atoms with Crippen molar-refractivity contribution in [3.05, 3.63) is 23.8 Å². The first-order chi connectivity index (χ1) is 12.7. The summed E-state index contributed by atoms with van der Waals surface area (Å²) in [5.74, 6) is 0.379. The Bertz CT molecular complexity index is 607. The van der Waals surface area contributed by atoms with Crippen LogP contribution < -0.4 is 0 Å². The molecular formula is C22H40O4Si2. The van der Waals surface area contributed by atoms with Gasteiger partial charge in [-0.1, -0.05) is 32.9 Å². The lowest BCUT2D eigenvalue weighted by Crippen LogP contribution is -2.42. The Morgan fingerprint density at radius 2 is 1.82 bits per heavy atom. The maximum Gasteiger partial charge on any atom is 0.192 e. The fourth-order valence-corrected chi connectivity index (χ4v) is 4.71. The molecule has 1 unspecified atom stereocenters. The molecule has 1 aliphatic carbocycles. The summed E-state index contributed by atoms with van der Waals surface area (Å²) in [4.78, 5) is 24.1. The molecule has 0 saturated carbocycles. The maximum atomic E-state index is 12.1. The minimum absolute atomic E-state index is 0.0407. The molecule has 0 N–H and O–H groups in total. The molecule has 1 aliphatic rings. The maximum absolute atomic E-state index is 12.1. The smallest absolute Gasteiger partial charge is 0.192 e. The van der Waals surface area contributed by atoms with Crippen LogP contribution in [0.2, 0.25) is 37.8 Å². The van der Waals surface area contributed by atoms with Crippen molar-refractivity contribution in [2.45, 2.75) is 96.8 Å². The molecule has 0 amide bonds. The van der Waals surface area contributed by atoms with E-state index in [0.29, 0.717) is 19.3 Å². The third kappa shape index (κ3) is 9.11. The minimum atomic E-state index is -1.85. The molecule has 0 aliphatic heterocycles. The van der Waals surface area contributed by atoms with Crippen molar-refractivity contribution in [2.24, 2.45) is 0 Å². The van der Waals surface area contributed by atoms with Crippen molar-refractivity contribution in [1.82, 2.24) is 0 Å². The average Bonchev–Trinajstić information content (AvgIpc) is 2.85. The summed E-state index contributed by atoms with van der Waals surface area (Å²) in [5.41, 5.74) is 0.860. The highest BCUT2D eigenvalue weighted by molar-refractivity contribution is 6.74. The molecule has 1 rings (SSSR count). The summed E-state index contributed by atoms with van der Waals surface area (Å²) in [6, 6.07) is 0. The quantitative estimate of drug-likeness (QED) is 0.238. The molecule has 1 atom stereocenters. The van der Waals surface area contributed by atoms with Gasteiger partial charge >= 0.3 is 0 Å². The van der Waals surface area contributed by atoms with Gasteiger partial charge in [-0.2, -0.15) is 0 Å². The van der Waals surface area contributed by atoms with E-state index in [9.17, 15) is 9.59 Å². The minimum Gasteiger partial charge on any atom is -0.411 e. The summed E-state index contributed by atoms with van der Waals surface area (Å²) < 4.78 is 12.0. The summed E-state index contributed by atoms with van der Waals surface area (Å²) >= 11 is 0. The first-order valence-corrected chi connectivity index (χ1v) is 16.8. The zero-order valence-electron chi connectivity index (χ0n) is 19.2. The predicted molar refractivity (Wildman–Crippen MR) is 122 cm³/mol. The molecule has 0 bridgehead atoms. The fraction of sp³-hybridized carbons (Fsp3) is 0.727. The highest BCUT2D eigenvalue weighted by Crippen LogP contribution is 2.36. The molecule has 0 fully saturated rings. The van der Waals surface area contributed by atoms with Crippen LogP contribution in [0.4, 0.5) is 0 Å². The fourth-order valence-electron chi connectivity index (χ4n) is 2.70. The van der Waals surface area contributed by atoms with E-state index in [0.717, 1.165) is 18.4 Å². The molecule has 28 heavy (non-hydrogen) atoms. The normalized spacial score (nSPS) is 18.8. The first-order valence-electron chi connectivity index (χ1n) is 10.4. The Hall–Kier alpha value is -0.826. The second-order valence-corrected chi connectivity index (χ2v) is 19.5. The predicted octanol–water partition coefficient (Wildman–Crippen LogP) is 5.81. The van der Waals surface area contributed by atoms with Crippen LogP contribution in [0, 0.1) is 0 Å². The molecule has 0 aromatic rings. The van der Waals surface area contributed by atoms with Gasteiger partial charge in [0, 0.05) is 12.8 Å². The molecule has 0 aromatic heterocycles. The van der Waals surface area contributed by atoms with Crippen LogP contribution in [0.25, 0.3) is 0 Å². The van der Waals surface area contributed by atoms with Gasteiger partial charge in [0.1, 0.15) is 0 Å². The largest absolute Gasteiger partial charge is 0.411 e. The van der Waals surface area contributed by atoms with Crippen LogP contribution in [-0.2, 0) is 18.4 Å². The summed E-state index contributed by atoms with van der Waals surface area (Å²) in [6.07, 6.45) is 9.43. The van der Waals surface area contributed by atoms with Gasteiger partial charge < -0.3 is 8.85 Å². The second kappa shape index (κ2) is 10.3. The van der Waals surface area contributed by atoms with Gasteiger partial charge in [-0.25, -0.2) is 0 Å². The monoisotopic (exact) mass is 424 g/mol. The SMILES string of the molecule is CC(C)(C)[Si](C)(C)OCC(=O)CCC/C=C\CC1=CC(O[Si](C)(C)C)CC1=O. The van der Waals surface area contributed by atoms with E-state index < -0.39 is 16.6 Å². The Morgan fingerprint density at radius 1 is 1.18 bits per heavy atom. The summed E-state index contributed by atoms with van der Waals surface area (Å²) in [5, 5.41) is 0.126. The van der Waals surface area contributed by atoms with Crippen LogP contribution in [0.3, 0.4) is 0 Å². The lowest BCUT2D eigenvalue weighted by atomic mass is 10.1. The van der Waals surface area contributed by atoms with E-state index >= 15 is 0 Å². The molecule has 0 radical (unpaired) electrons. The van der Waals surface area contributed by atoms with Crippen molar-refractivity contribution in [3.8, 4) is 0 Å². The molecule has 0 heterocycles. The van der Waals surface area contributed by atoms with E-state index in [4.69, 9.17) is 8.85 Å². The highest BCUT2D eigenvalue weighted by atomic mass is 28.4. The van der Waals surface area contributed by atoms with Crippen molar-refractivity contribution in [2.75, 3.05) is 6.61 Å². The first kappa shape index (κ1) is 25.2. The average molecular weight is 425 g/mol. The zero-order chi connectivity index (χ0) is 21.6.